The van der Waals surface area contributed by atoms with Gasteiger partial charge in [0, 0.05) is 16.7 Å². The number of nitrogens with zero attached hydrogens (tertiary/aromatic N) is 2. The Morgan fingerprint density at radius 1 is 1.41 bits per heavy atom. The molecule has 4 nitrogen and oxygen atoms in total. The van der Waals surface area contributed by atoms with Gasteiger partial charge in [0.2, 0.25) is 0 Å². The fourth-order valence-electron chi connectivity index (χ4n) is 1.53. The number of hydrogen-bond acceptors (Lipinski definition) is 3. The lowest BCUT2D eigenvalue weighted by Gasteiger charge is -2.07. The van der Waals surface area contributed by atoms with Gasteiger partial charge >= 0.3 is 0 Å². The van der Waals surface area contributed by atoms with Crippen molar-refractivity contribution in [3.05, 3.63) is 57.0 Å². The van der Waals surface area contributed by atoms with Crippen LogP contribution in [0.3, 0.4) is 0 Å². The second kappa shape index (κ2) is 4.69. The summed E-state index contributed by atoms with van der Waals surface area (Å²) < 4.78 is 1.26. The first kappa shape index (κ1) is 11.8. The highest BCUT2D eigenvalue weighted by Gasteiger charge is 2.06. The lowest BCUT2D eigenvalue weighted by atomic mass is 10.2. The second-order valence-corrected chi connectivity index (χ2v) is 4.08. The van der Waals surface area contributed by atoms with Gasteiger partial charge in [-0.15, -0.1) is 0 Å². The lowest BCUT2D eigenvalue weighted by Crippen LogP contribution is -2.22. The van der Waals surface area contributed by atoms with E-state index in [-0.39, 0.29) is 12.2 Å². The number of aromatic nitrogens is 2. The van der Waals surface area contributed by atoms with Gasteiger partial charge in [0.1, 0.15) is 0 Å². The van der Waals surface area contributed by atoms with E-state index in [1.807, 2.05) is 0 Å². The maximum Gasteiger partial charge on any atom is 0.271 e. The van der Waals surface area contributed by atoms with E-state index in [0.29, 0.717) is 22.0 Å². The predicted octanol–water partition coefficient (Wildman–Crippen LogP) is 1.69. The van der Waals surface area contributed by atoms with Crippen LogP contribution in [0.5, 0.6) is 0 Å². The zero-order valence-corrected chi connectivity index (χ0v) is 9.98. The molecule has 0 fully saturated rings. The Kier molecular flexibility index (Phi) is 3.26. The molecule has 1 aromatic heterocycles. The molecule has 5 heteroatoms. The summed E-state index contributed by atoms with van der Waals surface area (Å²) in [6.45, 7) is 1.55. The second-order valence-electron chi connectivity index (χ2n) is 3.64. The summed E-state index contributed by atoms with van der Waals surface area (Å²) >= 11 is 5.86. The average molecular weight is 251 g/mol. The van der Waals surface area contributed by atoms with Crippen LogP contribution in [0, 0.1) is 6.92 Å². The normalized spacial score (nSPS) is 10.5. The van der Waals surface area contributed by atoms with Gasteiger partial charge in [0.15, 0.2) is 0 Å². The van der Waals surface area contributed by atoms with Crippen LogP contribution in [-0.4, -0.2) is 14.9 Å². The van der Waals surface area contributed by atoms with Crippen LogP contribution in [0.25, 0.3) is 5.69 Å². The quantitative estimate of drug-likeness (QED) is 0.882. The number of halogens is 1. The van der Waals surface area contributed by atoms with Crippen molar-refractivity contribution >= 4 is 11.6 Å². The van der Waals surface area contributed by atoms with Crippen molar-refractivity contribution in [3.8, 4) is 5.69 Å². The van der Waals surface area contributed by atoms with Crippen LogP contribution < -0.4 is 5.56 Å². The molecule has 0 radical (unpaired) electrons. The van der Waals surface area contributed by atoms with Crippen molar-refractivity contribution in [2.24, 2.45) is 0 Å². The SMILES string of the molecule is Cc1nn(-c2cccc(Cl)c2)c(=O)cc1CO. The first-order chi connectivity index (χ1) is 8.11. The zero-order valence-electron chi connectivity index (χ0n) is 9.22. The van der Waals surface area contributed by atoms with Crippen molar-refractivity contribution in [1.82, 2.24) is 9.78 Å². The van der Waals surface area contributed by atoms with Crippen LogP contribution in [0.4, 0.5) is 0 Å². The van der Waals surface area contributed by atoms with Gasteiger partial charge in [-0.1, -0.05) is 17.7 Å². The predicted molar refractivity (Wildman–Crippen MR) is 65.5 cm³/mol. The number of rotatable bonds is 2. The average Bonchev–Trinajstić information content (AvgIpc) is 2.31. The topological polar surface area (TPSA) is 55.1 Å². The van der Waals surface area contributed by atoms with Crippen LogP contribution >= 0.6 is 11.6 Å². The minimum Gasteiger partial charge on any atom is -0.392 e. The van der Waals surface area contributed by atoms with Crippen molar-refractivity contribution in [2.75, 3.05) is 0 Å². The van der Waals surface area contributed by atoms with E-state index in [0.717, 1.165) is 0 Å². The fourth-order valence-corrected chi connectivity index (χ4v) is 1.72. The number of aliphatic hydroxyl groups excluding tert-OH is 1. The summed E-state index contributed by atoms with van der Waals surface area (Å²) in [5.41, 5.74) is 1.47. The third-order valence-electron chi connectivity index (χ3n) is 2.44. The van der Waals surface area contributed by atoms with E-state index in [9.17, 15) is 4.79 Å². The Hall–Kier alpha value is -1.65. The van der Waals surface area contributed by atoms with E-state index < -0.39 is 0 Å². The van der Waals surface area contributed by atoms with Gasteiger partial charge in [-0.05, 0) is 25.1 Å². The lowest BCUT2D eigenvalue weighted by molar-refractivity contribution is 0.279. The summed E-state index contributed by atoms with van der Waals surface area (Å²) in [4.78, 5) is 11.8. The Bertz CT molecular complexity index is 608. The van der Waals surface area contributed by atoms with Gasteiger partial charge in [-0.25, -0.2) is 0 Å². The first-order valence-electron chi connectivity index (χ1n) is 5.08. The Morgan fingerprint density at radius 2 is 2.18 bits per heavy atom. The fraction of sp³-hybridized carbons (Fsp3) is 0.167. The maximum absolute atomic E-state index is 11.8. The molecule has 2 aromatic rings. The van der Waals surface area contributed by atoms with Crippen molar-refractivity contribution in [2.45, 2.75) is 13.5 Å². The molecular weight excluding hydrogens is 240 g/mol. The third kappa shape index (κ3) is 2.38. The zero-order chi connectivity index (χ0) is 12.4. The summed E-state index contributed by atoms with van der Waals surface area (Å²) in [6.07, 6.45) is 0. The van der Waals surface area contributed by atoms with Gasteiger partial charge < -0.3 is 5.11 Å². The van der Waals surface area contributed by atoms with Gasteiger partial charge in [0.25, 0.3) is 5.56 Å². The molecule has 1 aromatic carbocycles. The monoisotopic (exact) mass is 250 g/mol. The van der Waals surface area contributed by atoms with Gasteiger partial charge in [-0.2, -0.15) is 9.78 Å². The summed E-state index contributed by atoms with van der Waals surface area (Å²) in [7, 11) is 0. The van der Waals surface area contributed by atoms with Crippen LogP contribution in [0.1, 0.15) is 11.3 Å². The molecule has 0 aliphatic heterocycles. The van der Waals surface area contributed by atoms with Crippen molar-refractivity contribution in [3.63, 3.8) is 0 Å². The molecule has 0 atom stereocenters. The van der Waals surface area contributed by atoms with Gasteiger partial charge in [-0.3, -0.25) is 4.79 Å². The number of aryl methyl sites for hydroxylation is 1. The number of benzene rings is 1. The highest BCUT2D eigenvalue weighted by atomic mass is 35.5. The van der Waals surface area contributed by atoms with E-state index in [4.69, 9.17) is 16.7 Å². The first-order valence-corrected chi connectivity index (χ1v) is 5.46. The molecule has 0 bridgehead atoms. The smallest absolute Gasteiger partial charge is 0.271 e. The molecule has 0 saturated heterocycles. The highest BCUT2D eigenvalue weighted by Crippen LogP contribution is 2.13. The summed E-state index contributed by atoms with van der Waals surface area (Å²) in [5, 5.41) is 13.7. The largest absolute Gasteiger partial charge is 0.392 e. The van der Waals surface area contributed by atoms with Crippen LogP contribution in [-0.2, 0) is 6.61 Å². The number of aliphatic hydroxyl groups is 1. The Balaban J connectivity index is 2.61. The molecule has 0 unspecified atom stereocenters. The molecule has 17 heavy (non-hydrogen) atoms. The molecule has 0 aliphatic rings. The molecule has 0 amide bonds. The Labute approximate surface area is 103 Å². The minimum absolute atomic E-state index is 0.190. The molecular formula is C12H11ClN2O2. The maximum atomic E-state index is 11.8. The number of hydrogen-bond donors (Lipinski definition) is 1. The molecule has 1 heterocycles. The van der Waals surface area contributed by atoms with Crippen LogP contribution in [0.2, 0.25) is 5.02 Å². The molecule has 0 spiro atoms. The summed E-state index contributed by atoms with van der Waals surface area (Å²) in [5.74, 6) is 0. The molecule has 0 saturated carbocycles. The van der Waals surface area contributed by atoms with E-state index in [1.165, 1.54) is 10.7 Å². The summed E-state index contributed by atoms with van der Waals surface area (Å²) in [6, 6.07) is 8.27. The van der Waals surface area contributed by atoms with E-state index in [2.05, 4.69) is 5.10 Å². The highest BCUT2D eigenvalue weighted by molar-refractivity contribution is 6.30. The molecule has 1 N–H and O–H groups in total. The third-order valence-corrected chi connectivity index (χ3v) is 2.68. The van der Waals surface area contributed by atoms with E-state index in [1.54, 1.807) is 31.2 Å². The van der Waals surface area contributed by atoms with Crippen LogP contribution in [0.15, 0.2) is 35.1 Å². The van der Waals surface area contributed by atoms with Crippen molar-refractivity contribution < 1.29 is 5.11 Å². The molecule has 2 rings (SSSR count). The van der Waals surface area contributed by atoms with Gasteiger partial charge in [0.05, 0.1) is 18.0 Å². The minimum atomic E-state index is -0.290. The van der Waals surface area contributed by atoms with Crippen molar-refractivity contribution in [1.29, 1.82) is 0 Å². The standard InChI is InChI=1S/C12H11ClN2O2/c1-8-9(7-16)5-12(17)15(14-8)11-4-2-3-10(13)6-11/h2-6,16H,7H2,1H3. The van der Waals surface area contributed by atoms with E-state index >= 15 is 0 Å². The Morgan fingerprint density at radius 3 is 2.82 bits per heavy atom. The molecule has 0 aliphatic carbocycles. The molecule has 88 valence electrons.